The van der Waals surface area contributed by atoms with Crippen LogP contribution < -0.4 is 11.1 Å². The maximum atomic E-state index is 11.7. The average molecular weight is 279 g/mol. The Bertz CT molecular complexity index is 221. The molecule has 0 bridgehead atoms. The van der Waals surface area contributed by atoms with E-state index < -0.39 is 0 Å². The Kier molecular flexibility index (Phi) is 10.4. The van der Waals surface area contributed by atoms with Crippen molar-refractivity contribution in [2.75, 3.05) is 19.8 Å². The molecule has 3 N–H and O–H groups in total. The van der Waals surface area contributed by atoms with Crippen LogP contribution >= 0.6 is 12.4 Å². The van der Waals surface area contributed by atoms with Gasteiger partial charge in [-0.05, 0) is 25.2 Å². The monoisotopic (exact) mass is 278 g/mol. The number of rotatable bonds is 8. The number of unbranched alkanes of at least 4 members (excludes halogenated alkanes) is 1. The van der Waals surface area contributed by atoms with Gasteiger partial charge in [-0.2, -0.15) is 0 Å². The van der Waals surface area contributed by atoms with Crippen LogP contribution in [0, 0.1) is 5.92 Å². The minimum absolute atomic E-state index is 0. The molecule has 0 aromatic rings. The summed E-state index contributed by atoms with van der Waals surface area (Å²) in [6, 6.07) is 0.155. The minimum atomic E-state index is 0. The lowest BCUT2D eigenvalue weighted by atomic mass is 10.0. The normalized spacial score (nSPS) is 20.2. The fourth-order valence-electron chi connectivity index (χ4n) is 2.15. The van der Waals surface area contributed by atoms with E-state index in [-0.39, 0.29) is 24.4 Å². The average Bonchev–Trinajstić information content (AvgIpc) is 2.85. The van der Waals surface area contributed by atoms with Crippen molar-refractivity contribution in [2.45, 2.75) is 51.5 Å². The third-order valence-electron chi connectivity index (χ3n) is 3.36. The van der Waals surface area contributed by atoms with E-state index in [1.54, 1.807) is 0 Å². The first-order valence-electron chi connectivity index (χ1n) is 6.83. The van der Waals surface area contributed by atoms with E-state index in [1.807, 2.05) is 0 Å². The van der Waals surface area contributed by atoms with E-state index in [1.165, 1.54) is 0 Å². The quantitative estimate of drug-likeness (QED) is 0.712. The fraction of sp³-hybridized carbons (Fsp3) is 0.923. The van der Waals surface area contributed by atoms with Crippen molar-refractivity contribution in [2.24, 2.45) is 11.7 Å². The van der Waals surface area contributed by atoms with Crippen molar-refractivity contribution in [3.8, 4) is 0 Å². The molecular weight excluding hydrogens is 252 g/mol. The van der Waals surface area contributed by atoms with E-state index in [2.05, 4.69) is 12.2 Å². The number of nitrogens with one attached hydrogen (secondary N) is 1. The molecule has 5 heteroatoms. The van der Waals surface area contributed by atoms with Crippen LogP contribution in [-0.2, 0) is 9.53 Å². The van der Waals surface area contributed by atoms with Gasteiger partial charge in [0.25, 0.3) is 0 Å². The van der Waals surface area contributed by atoms with Gasteiger partial charge < -0.3 is 15.8 Å². The molecule has 1 aliphatic rings. The van der Waals surface area contributed by atoms with Gasteiger partial charge in [0.05, 0.1) is 0 Å². The second-order valence-electron chi connectivity index (χ2n) is 4.91. The van der Waals surface area contributed by atoms with Crippen LogP contribution in [0.25, 0.3) is 0 Å². The fourth-order valence-corrected chi connectivity index (χ4v) is 2.15. The van der Waals surface area contributed by atoms with Gasteiger partial charge in [-0.1, -0.05) is 19.8 Å². The summed E-state index contributed by atoms with van der Waals surface area (Å²) in [4.78, 5) is 11.7. The number of carbonyl (C=O) groups is 1. The summed E-state index contributed by atoms with van der Waals surface area (Å²) in [5, 5.41) is 3.02. The Balaban J connectivity index is 0.00000289. The Morgan fingerprint density at radius 1 is 1.56 bits per heavy atom. The number of hydrogen-bond acceptors (Lipinski definition) is 3. The van der Waals surface area contributed by atoms with Gasteiger partial charge in [0, 0.05) is 32.2 Å². The molecule has 1 rings (SSSR count). The minimum Gasteiger partial charge on any atom is -0.381 e. The van der Waals surface area contributed by atoms with Crippen LogP contribution in [0.2, 0.25) is 0 Å². The first-order chi connectivity index (χ1) is 8.26. The number of amides is 1. The molecular formula is C13H27ClN2O2. The van der Waals surface area contributed by atoms with Crippen LogP contribution in [0.1, 0.15) is 45.4 Å². The Morgan fingerprint density at radius 2 is 2.33 bits per heavy atom. The van der Waals surface area contributed by atoms with E-state index in [9.17, 15) is 4.79 Å². The zero-order valence-corrected chi connectivity index (χ0v) is 12.1. The summed E-state index contributed by atoms with van der Waals surface area (Å²) in [6.45, 7) is 4.37. The lowest BCUT2D eigenvalue weighted by molar-refractivity contribution is -0.122. The molecule has 2 unspecified atom stereocenters. The van der Waals surface area contributed by atoms with Crippen LogP contribution in [0.3, 0.4) is 0 Å². The highest BCUT2D eigenvalue weighted by Crippen LogP contribution is 2.17. The maximum Gasteiger partial charge on any atom is 0.220 e. The molecule has 0 aromatic carbocycles. The third kappa shape index (κ3) is 7.19. The zero-order valence-electron chi connectivity index (χ0n) is 11.3. The van der Waals surface area contributed by atoms with E-state index in [0.29, 0.717) is 18.9 Å². The first kappa shape index (κ1) is 17.7. The predicted octanol–water partition coefficient (Wildman–Crippen LogP) is 1.86. The smallest absolute Gasteiger partial charge is 0.220 e. The summed E-state index contributed by atoms with van der Waals surface area (Å²) in [5.41, 5.74) is 5.65. The Morgan fingerprint density at radius 3 is 2.89 bits per heavy atom. The Hall–Kier alpha value is -0.320. The summed E-state index contributed by atoms with van der Waals surface area (Å²) < 4.78 is 5.29. The summed E-state index contributed by atoms with van der Waals surface area (Å²) >= 11 is 0. The molecule has 1 saturated heterocycles. The van der Waals surface area contributed by atoms with Crippen molar-refractivity contribution in [3.63, 3.8) is 0 Å². The lowest BCUT2D eigenvalue weighted by Gasteiger charge is -2.17. The molecule has 1 heterocycles. The molecule has 0 aliphatic carbocycles. The van der Waals surface area contributed by atoms with Crippen LogP contribution in [0.15, 0.2) is 0 Å². The SMILES string of the molecule is CCCCC(CN)NC(=O)CCC1CCOC1.Cl. The molecule has 108 valence electrons. The van der Waals surface area contributed by atoms with Crippen molar-refractivity contribution >= 4 is 18.3 Å². The number of carbonyl (C=O) groups excluding carboxylic acids is 1. The van der Waals surface area contributed by atoms with Gasteiger partial charge in [-0.15, -0.1) is 12.4 Å². The lowest BCUT2D eigenvalue weighted by Crippen LogP contribution is -2.40. The molecule has 4 nitrogen and oxygen atoms in total. The first-order valence-corrected chi connectivity index (χ1v) is 6.83. The molecule has 0 aromatic heterocycles. The number of hydrogen-bond donors (Lipinski definition) is 2. The Labute approximate surface area is 116 Å². The predicted molar refractivity (Wildman–Crippen MR) is 75.9 cm³/mol. The second kappa shape index (κ2) is 10.6. The second-order valence-corrected chi connectivity index (χ2v) is 4.91. The summed E-state index contributed by atoms with van der Waals surface area (Å²) in [5.74, 6) is 0.719. The highest BCUT2D eigenvalue weighted by atomic mass is 35.5. The topological polar surface area (TPSA) is 64.3 Å². The molecule has 0 spiro atoms. The van der Waals surface area contributed by atoms with Crippen molar-refractivity contribution < 1.29 is 9.53 Å². The van der Waals surface area contributed by atoms with Crippen LogP contribution in [-0.4, -0.2) is 31.7 Å². The number of ether oxygens (including phenoxy) is 1. The largest absolute Gasteiger partial charge is 0.381 e. The highest BCUT2D eigenvalue weighted by molar-refractivity contribution is 5.85. The molecule has 1 fully saturated rings. The number of nitrogens with two attached hydrogens (primary N) is 1. The van der Waals surface area contributed by atoms with E-state index >= 15 is 0 Å². The van der Waals surface area contributed by atoms with Gasteiger partial charge in [0.1, 0.15) is 0 Å². The molecule has 1 aliphatic heterocycles. The molecule has 0 saturated carbocycles. The summed E-state index contributed by atoms with van der Waals surface area (Å²) in [7, 11) is 0. The van der Waals surface area contributed by atoms with Crippen molar-refractivity contribution in [3.05, 3.63) is 0 Å². The van der Waals surface area contributed by atoms with Gasteiger partial charge >= 0.3 is 0 Å². The van der Waals surface area contributed by atoms with Gasteiger partial charge in [-0.25, -0.2) is 0 Å². The standard InChI is InChI=1S/C13H26N2O2.ClH/c1-2-3-4-12(9-14)15-13(16)6-5-11-7-8-17-10-11;/h11-12H,2-10,14H2,1H3,(H,15,16);1H. The van der Waals surface area contributed by atoms with Gasteiger partial charge in [0.2, 0.25) is 5.91 Å². The molecule has 1 amide bonds. The van der Waals surface area contributed by atoms with Crippen LogP contribution in [0.5, 0.6) is 0 Å². The van der Waals surface area contributed by atoms with Gasteiger partial charge in [0.15, 0.2) is 0 Å². The van der Waals surface area contributed by atoms with E-state index in [4.69, 9.17) is 10.5 Å². The highest BCUT2D eigenvalue weighted by Gasteiger charge is 2.17. The van der Waals surface area contributed by atoms with Gasteiger partial charge in [-0.3, -0.25) is 4.79 Å². The van der Waals surface area contributed by atoms with E-state index in [0.717, 1.165) is 45.3 Å². The summed E-state index contributed by atoms with van der Waals surface area (Å²) in [6.07, 6.45) is 5.91. The van der Waals surface area contributed by atoms with Crippen LogP contribution in [0.4, 0.5) is 0 Å². The maximum absolute atomic E-state index is 11.7. The van der Waals surface area contributed by atoms with Crippen molar-refractivity contribution in [1.29, 1.82) is 0 Å². The molecule has 0 radical (unpaired) electrons. The zero-order chi connectivity index (χ0) is 12.5. The third-order valence-corrected chi connectivity index (χ3v) is 3.36. The molecule has 18 heavy (non-hydrogen) atoms. The van der Waals surface area contributed by atoms with Crippen molar-refractivity contribution in [1.82, 2.24) is 5.32 Å². The molecule has 2 atom stereocenters. The number of halogens is 1.